The number of rotatable bonds is 2. The molecular formula is C20H19Cl2N. The second-order valence-corrected chi connectivity index (χ2v) is 7.27. The van der Waals surface area contributed by atoms with Gasteiger partial charge in [0.2, 0.25) is 0 Å². The van der Waals surface area contributed by atoms with E-state index < -0.39 is 0 Å². The number of allylic oxidation sites excluding steroid dienone is 2. The summed E-state index contributed by atoms with van der Waals surface area (Å²) >= 11 is 12.7. The molecule has 1 nitrogen and oxygen atoms in total. The highest BCUT2D eigenvalue weighted by atomic mass is 35.5. The van der Waals surface area contributed by atoms with Crippen LogP contribution in [-0.2, 0) is 6.42 Å². The topological polar surface area (TPSA) is 12.0 Å². The Labute approximate surface area is 147 Å². The molecule has 0 saturated carbocycles. The fourth-order valence-electron chi connectivity index (χ4n) is 3.91. The van der Waals surface area contributed by atoms with Crippen molar-refractivity contribution in [3.8, 4) is 0 Å². The smallest absolute Gasteiger partial charge is 0.0655 e. The standard InChI is InChI=1S/C20H19Cl2N/c1-2-12-6-8-13(9-7-12)19-16-5-3-4-15(16)17-10-14(21)11-18(22)20(17)23-19/h3-4,6-11,15-16,19,23H,2,5H2,1H3/t15-,16+,19-/m0/s1. The third-order valence-electron chi connectivity index (χ3n) is 5.13. The second kappa shape index (κ2) is 5.89. The molecule has 0 aromatic heterocycles. The molecule has 4 rings (SSSR count). The van der Waals surface area contributed by atoms with Gasteiger partial charge in [-0.25, -0.2) is 0 Å². The second-order valence-electron chi connectivity index (χ2n) is 6.42. The van der Waals surface area contributed by atoms with Gasteiger partial charge in [-0.2, -0.15) is 0 Å². The first kappa shape index (κ1) is 15.1. The lowest BCUT2D eigenvalue weighted by Gasteiger charge is -2.38. The summed E-state index contributed by atoms with van der Waals surface area (Å²) in [5.41, 5.74) is 4.96. The molecule has 2 aliphatic rings. The van der Waals surface area contributed by atoms with E-state index in [0.29, 0.717) is 21.9 Å². The van der Waals surface area contributed by atoms with E-state index in [-0.39, 0.29) is 6.04 Å². The lowest BCUT2D eigenvalue weighted by atomic mass is 9.77. The third kappa shape index (κ3) is 2.56. The molecule has 23 heavy (non-hydrogen) atoms. The van der Waals surface area contributed by atoms with Crippen LogP contribution in [-0.4, -0.2) is 0 Å². The molecule has 0 bridgehead atoms. The first-order valence-electron chi connectivity index (χ1n) is 8.18. The number of halogens is 2. The zero-order chi connectivity index (χ0) is 16.0. The molecule has 2 aromatic carbocycles. The molecule has 3 heteroatoms. The average molecular weight is 344 g/mol. The molecule has 118 valence electrons. The predicted molar refractivity (Wildman–Crippen MR) is 98.6 cm³/mol. The van der Waals surface area contributed by atoms with Crippen LogP contribution in [0.4, 0.5) is 5.69 Å². The van der Waals surface area contributed by atoms with Crippen molar-refractivity contribution in [2.75, 3.05) is 5.32 Å². The van der Waals surface area contributed by atoms with E-state index in [1.165, 1.54) is 16.7 Å². The lowest BCUT2D eigenvalue weighted by molar-refractivity contribution is 0.425. The average Bonchev–Trinajstić information content (AvgIpc) is 3.04. The van der Waals surface area contributed by atoms with Gasteiger partial charge in [0.25, 0.3) is 0 Å². The monoisotopic (exact) mass is 343 g/mol. The molecule has 3 atom stereocenters. The first-order chi connectivity index (χ1) is 11.2. The zero-order valence-electron chi connectivity index (χ0n) is 13.0. The Morgan fingerprint density at radius 2 is 1.91 bits per heavy atom. The van der Waals surface area contributed by atoms with Gasteiger partial charge in [0.05, 0.1) is 16.8 Å². The molecular weight excluding hydrogens is 325 g/mol. The Morgan fingerprint density at radius 3 is 2.65 bits per heavy atom. The van der Waals surface area contributed by atoms with Crippen LogP contribution < -0.4 is 5.32 Å². The van der Waals surface area contributed by atoms with Crippen LogP contribution in [0, 0.1) is 5.92 Å². The largest absolute Gasteiger partial charge is 0.376 e. The number of fused-ring (bicyclic) bond motifs is 3. The maximum absolute atomic E-state index is 6.47. The Bertz CT molecular complexity index is 764. The number of hydrogen-bond acceptors (Lipinski definition) is 1. The minimum atomic E-state index is 0.284. The minimum Gasteiger partial charge on any atom is -0.376 e. The van der Waals surface area contributed by atoms with Gasteiger partial charge in [-0.15, -0.1) is 0 Å². The third-order valence-corrected chi connectivity index (χ3v) is 5.65. The van der Waals surface area contributed by atoms with Gasteiger partial charge in [-0.1, -0.05) is 66.5 Å². The van der Waals surface area contributed by atoms with Crippen LogP contribution in [0.2, 0.25) is 10.0 Å². The summed E-state index contributed by atoms with van der Waals surface area (Å²) in [6, 6.07) is 13.1. The van der Waals surface area contributed by atoms with Crippen LogP contribution in [0.25, 0.3) is 0 Å². The van der Waals surface area contributed by atoms with Gasteiger partial charge >= 0.3 is 0 Å². The molecule has 0 spiro atoms. The Kier molecular flexibility index (Phi) is 3.87. The minimum absolute atomic E-state index is 0.284. The van der Waals surface area contributed by atoms with E-state index in [2.05, 4.69) is 54.7 Å². The van der Waals surface area contributed by atoms with E-state index in [0.717, 1.165) is 18.5 Å². The summed E-state index contributed by atoms with van der Waals surface area (Å²) in [5.74, 6) is 0.905. The molecule has 0 saturated heterocycles. The van der Waals surface area contributed by atoms with E-state index in [1.54, 1.807) is 0 Å². The highest BCUT2D eigenvalue weighted by molar-refractivity contribution is 6.36. The fourth-order valence-corrected chi connectivity index (χ4v) is 4.48. The van der Waals surface area contributed by atoms with Crippen molar-refractivity contribution in [1.82, 2.24) is 0 Å². The van der Waals surface area contributed by atoms with Gasteiger partial charge in [-0.05, 0) is 47.6 Å². The van der Waals surface area contributed by atoms with Crippen LogP contribution in [0.1, 0.15) is 42.0 Å². The summed E-state index contributed by atoms with van der Waals surface area (Å²) in [6.07, 6.45) is 6.75. The number of hydrogen-bond donors (Lipinski definition) is 1. The Hall–Kier alpha value is -1.44. The summed E-state index contributed by atoms with van der Waals surface area (Å²) in [6.45, 7) is 2.19. The summed E-state index contributed by atoms with van der Waals surface area (Å²) in [4.78, 5) is 0. The number of aryl methyl sites for hydroxylation is 1. The van der Waals surface area contributed by atoms with E-state index in [9.17, 15) is 0 Å². The normalized spacial score (nSPS) is 24.9. The van der Waals surface area contributed by atoms with Gasteiger partial charge in [0.15, 0.2) is 0 Å². The fraction of sp³-hybridized carbons (Fsp3) is 0.300. The van der Waals surface area contributed by atoms with Crippen molar-refractivity contribution in [2.24, 2.45) is 5.92 Å². The van der Waals surface area contributed by atoms with Crippen molar-refractivity contribution in [1.29, 1.82) is 0 Å². The molecule has 2 aromatic rings. The summed E-state index contributed by atoms with van der Waals surface area (Å²) in [7, 11) is 0. The molecule has 1 aliphatic carbocycles. The predicted octanol–water partition coefficient (Wildman–Crippen LogP) is 6.38. The zero-order valence-corrected chi connectivity index (χ0v) is 14.5. The maximum atomic E-state index is 6.47. The van der Waals surface area contributed by atoms with Crippen molar-refractivity contribution in [3.63, 3.8) is 0 Å². The molecule has 1 heterocycles. The molecule has 1 aliphatic heterocycles. The van der Waals surface area contributed by atoms with Gasteiger partial charge < -0.3 is 5.32 Å². The molecule has 0 radical (unpaired) electrons. The Balaban J connectivity index is 1.78. The summed E-state index contributed by atoms with van der Waals surface area (Å²) in [5, 5.41) is 5.11. The molecule has 0 fully saturated rings. The van der Waals surface area contributed by atoms with E-state index in [1.807, 2.05) is 6.07 Å². The van der Waals surface area contributed by atoms with E-state index >= 15 is 0 Å². The highest BCUT2D eigenvalue weighted by Gasteiger charge is 2.38. The summed E-state index contributed by atoms with van der Waals surface area (Å²) < 4.78 is 0. The van der Waals surface area contributed by atoms with Gasteiger partial charge in [-0.3, -0.25) is 0 Å². The molecule has 0 amide bonds. The van der Waals surface area contributed by atoms with Gasteiger partial charge in [0.1, 0.15) is 0 Å². The Morgan fingerprint density at radius 1 is 1.13 bits per heavy atom. The molecule has 1 N–H and O–H groups in total. The SMILES string of the molecule is CCc1ccc([C@@H]2Nc3c(Cl)cc(Cl)cc3[C@H]3C=CC[C@H]32)cc1. The van der Waals surface area contributed by atoms with Crippen molar-refractivity contribution in [2.45, 2.75) is 31.7 Å². The maximum Gasteiger partial charge on any atom is 0.0655 e. The van der Waals surface area contributed by atoms with Crippen molar-refractivity contribution >= 4 is 28.9 Å². The van der Waals surface area contributed by atoms with Crippen LogP contribution in [0.5, 0.6) is 0 Å². The quantitative estimate of drug-likeness (QED) is 0.623. The first-order valence-corrected chi connectivity index (χ1v) is 8.94. The van der Waals surface area contributed by atoms with Crippen LogP contribution in [0.3, 0.4) is 0 Å². The van der Waals surface area contributed by atoms with Crippen molar-refractivity contribution in [3.05, 3.63) is 75.3 Å². The highest BCUT2D eigenvalue weighted by Crippen LogP contribution is 2.52. The van der Waals surface area contributed by atoms with Gasteiger partial charge in [0, 0.05) is 10.9 Å². The number of benzene rings is 2. The van der Waals surface area contributed by atoms with Crippen molar-refractivity contribution < 1.29 is 0 Å². The van der Waals surface area contributed by atoms with Crippen LogP contribution >= 0.6 is 23.2 Å². The van der Waals surface area contributed by atoms with E-state index in [4.69, 9.17) is 23.2 Å². The number of anilines is 1. The lowest BCUT2D eigenvalue weighted by Crippen LogP contribution is -2.29. The van der Waals surface area contributed by atoms with Crippen LogP contribution in [0.15, 0.2) is 48.6 Å². The number of nitrogens with one attached hydrogen (secondary N) is 1. The molecule has 0 unspecified atom stereocenters.